The first-order valence-corrected chi connectivity index (χ1v) is 9.92. The molecule has 2 aromatic rings. The van der Waals surface area contributed by atoms with E-state index in [1.807, 2.05) is 20.8 Å². The Labute approximate surface area is 173 Å². The average Bonchev–Trinajstić information content (AvgIpc) is 2.69. The number of ketones is 1. The first-order valence-electron chi connectivity index (χ1n) is 9.92. The van der Waals surface area contributed by atoms with Crippen LogP contribution in [-0.2, 0) is 9.53 Å². The summed E-state index contributed by atoms with van der Waals surface area (Å²) in [5.74, 6) is 1.25. The number of hydrogen-bond acceptors (Lipinski definition) is 5. The van der Waals surface area contributed by atoms with Gasteiger partial charge < -0.3 is 14.2 Å². The van der Waals surface area contributed by atoms with Crippen LogP contribution in [0.3, 0.4) is 0 Å². The SMILES string of the molecule is COc1ccc(C(=O)c2ccc(OCCCCCC(=O)OC(C)(C)C)cc2)cc1. The quantitative estimate of drug-likeness (QED) is 0.312. The van der Waals surface area contributed by atoms with E-state index in [-0.39, 0.29) is 11.8 Å². The minimum atomic E-state index is -0.429. The number of methoxy groups -OCH3 is 1. The third-order valence-electron chi connectivity index (χ3n) is 4.18. The maximum atomic E-state index is 12.5. The molecule has 0 aliphatic heterocycles. The average molecular weight is 398 g/mol. The van der Waals surface area contributed by atoms with Crippen molar-refractivity contribution in [1.82, 2.24) is 0 Å². The van der Waals surface area contributed by atoms with Gasteiger partial charge in [-0.1, -0.05) is 0 Å². The second kappa shape index (κ2) is 10.6. The highest BCUT2D eigenvalue weighted by atomic mass is 16.6. The zero-order chi connectivity index (χ0) is 21.3. The Morgan fingerprint density at radius 3 is 1.86 bits per heavy atom. The van der Waals surface area contributed by atoms with Crippen LogP contribution in [0.15, 0.2) is 48.5 Å². The zero-order valence-electron chi connectivity index (χ0n) is 17.7. The first-order chi connectivity index (χ1) is 13.8. The van der Waals surface area contributed by atoms with Crippen molar-refractivity contribution < 1.29 is 23.8 Å². The van der Waals surface area contributed by atoms with Crippen LogP contribution in [0.2, 0.25) is 0 Å². The molecule has 0 N–H and O–H groups in total. The topological polar surface area (TPSA) is 61.8 Å². The van der Waals surface area contributed by atoms with Gasteiger partial charge in [0.2, 0.25) is 0 Å². The van der Waals surface area contributed by atoms with E-state index in [9.17, 15) is 9.59 Å². The number of ether oxygens (including phenoxy) is 3. The highest BCUT2D eigenvalue weighted by Crippen LogP contribution is 2.18. The van der Waals surface area contributed by atoms with Crippen molar-refractivity contribution in [1.29, 1.82) is 0 Å². The molecule has 5 heteroatoms. The molecule has 0 saturated carbocycles. The lowest BCUT2D eigenvalue weighted by Crippen LogP contribution is -2.23. The summed E-state index contributed by atoms with van der Waals surface area (Å²) < 4.78 is 16.1. The Morgan fingerprint density at radius 2 is 1.34 bits per heavy atom. The normalized spacial score (nSPS) is 11.0. The summed E-state index contributed by atoms with van der Waals surface area (Å²) in [6.07, 6.45) is 2.97. The standard InChI is InChI=1S/C24H30O5/c1-24(2,3)29-22(25)8-6-5-7-17-28-21-15-11-19(12-16-21)23(26)18-9-13-20(27-4)14-10-18/h9-16H,5-8,17H2,1-4H3. The summed E-state index contributed by atoms with van der Waals surface area (Å²) in [4.78, 5) is 24.2. The van der Waals surface area contributed by atoms with Crippen molar-refractivity contribution in [3.63, 3.8) is 0 Å². The van der Waals surface area contributed by atoms with Crippen molar-refractivity contribution in [2.24, 2.45) is 0 Å². The Morgan fingerprint density at radius 1 is 0.793 bits per heavy atom. The van der Waals surface area contributed by atoms with Gasteiger partial charge in [-0.3, -0.25) is 9.59 Å². The molecule has 0 amide bonds. The molecule has 0 fully saturated rings. The third kappa shape index (κ3) is 7.98. The van der Waals surface area contributed by atoms with Gasteiger partial charge in [-0.2, -0.15) is 0 Å². The summed E-state index contributed by atoms with van der Waals surface area (Å²) in [5, 5.41) is 0. The maximum absolute atomic E-state index is 12.5. The molecule has 0 radical (unpaired) electrons. The first kappa shape index (κ1) is 22.5. The molecule has 29 heavy (non-hydrogen) atoms. The van der Waals surface area contributed by atoms with E-state index >= 15 is 0 Å². The van der Waals surface area contributed by atoms with Crippen molar-refractivity contribution >= 4 is 11.8 Å². The summed E-state index contributed by atoms with van der Waals surface area (Å²) in [6, 6.07) is 14.2. The predicted molar refractivity (Wildman–Crippen MR) is 113 cm³/mol. The van der Waals surface area contributed by atoms with Gasteiger partial charge in [0.1, 0.15) is 17.1 Å². The van der Waals surface area contributed by atoms with Gasteiger partial charge in [0, 0.05) is 17.5 Å². The molecule has 0 heterocycles. The van der Waals surface area contributed by atoms with E-state index in [0.717, 1.165) is 30.8 Å². The van der Waals surface area contributed by atoms with Crippen molar-refractivity contribution in [3.05, 3.63) is 59.7 Å². The van der Waals surface area contributed by atoms with Gasteiger partial charge in [0.25, 0.3) is 0 Å². The molecule has 0 atom stereocenters. The van der Waals surface area contributed by atoms with Gasteiger partial charge in [0.15, 0.2) is 5.78 Å². The molecule has 0 saturated heterocycles. The summed E-state index contributed by atoms with van der Waals surface area (Å²) >= 11 is 0. The van der Waals surface area contributed by atoms with E-state index in [1.165, 1.54) is 0 Å². The van der Waals surface area contributed by atoms with Gasteiger partial charge in [-0.05, 0) is 88.6 Å². The fourth-order valence-electron chi connectivity index (χ4n) is 2.74. The fourth-order valence-corrected chi connectivity index (χ4v) is 2.74. The second-order valence-corrected chi connectivity index (χ2v) is 7.83. The smallest absolute Gasteiger partial charge is 0.306 e. The molecule has 0 aliphatic carbocycles. The van der Waals surface area contributed by atoms with Crippen molar-refractivity contribution in [3.8, 4) is 11.5 Å². The predicted octanol–water partition coefficient (Wildman–Crippen LogP) is 5.21. The Hall–Kier alpha value is -2.82. The lowest BCUT2D eigenvalue weighted by Gasteiger charge is -2.19. The zero-order valence-corrected chi connectivity index (χ0v) is 17.7. The van der Waals surface area contributed by atoms with Crippen molar-refractivity contribution in [2.75, 3.05) is 13.7 Å². The number of benzene rings is 2. The Bertz CT molecular complexity index is 786. The molecule has 0 aromatic heterocycles. The van der Waals surface area contributed by atoms with E-state index in [0.29, 0.717) is 24.2 Å². The highest BCUT2D eigenvalue weighted by molar-refractivity contribution is 6.09. The summed E-state index contributed by atoms with van der Waals surface area (Å²) in [5.41, 5.74) is 0.797. The van der Waals surface area contributed by atoms with E-state index in [4.69, 9.17) is 14.2 Å². The molecule has 2 rings (SSSR count). The van der Waals surface area contributed by atoms with E-state index < -0.39 is 5.60 Å². The number of carbonyl (C=O) groups is 2. The van der Waals surface area contributed by atoms with E-state index in [1.54, 1.807) is 55.6 Å². The molecule has 0 bridgehead atoms. The van der Waals surface area contributed by atoms with Crippen LogP contribution in [-0.4, -0.2) is 31.1 Å². The monoisotopic (exact) mass is 398 g/mol. The lowest BCUT2D eigenvalue weighted by atomic mass is 10.0. The number of unbranched alkanes of at least 4 members (excludes halogenated alkanes) is 2. The maximum Gasteiger partial charge on any atom is 0.306 e. The van der Waals surface area contributed by atoms with E-state index in [2.05, 4.69) is 0 Å². The largest absolute Gasteiger partial charge is 0.497 e. The van der Waals surface area contributed by atoms with Gasteiger partial charge in [0.05, 0.1) is 13.7 Å². The van der Waals surface area contributed by atoms with Gasteiger partial charge in [-0.15, -0.1) is 0 Å². The molecule has 2 aromatic carbocycles. The number of rotatable bonds is 10. The van der Waals surface area contributed by atoms with Crippen LogP contribution in [0, 0.1) is 0 Å². The molecule has 0 spiro atoms. The Kier molecular flexibility index (Phi) is 8.25. The minimum absolute atomic E-state index is 0.0404. The number of hydrogen-bond donors (Lipinski definition) is 0. The minimum Gasteiger partial charge on any atom is -0.497 e. The number of esters is 1. The molecular weight excluding hydrogens is 368 g/mol. The van der Waals surface area contributed by atoms with Crippen LogP contribution in [0.25, 0.3) is 0 Å². The summed E-state index contributed by atoms with van der Waals surface area (Å²) in [6.45, 7) is 6.18. The van der Waals surface area contributed by atoms with Gasteiger partial charge >= 0.3 is 5.97 Å². The van der Waals surface area contributed by atoms with Crippen LogP contribution < -0.4 is 9.47 Å². The fraction of sp³-hybridized carbons (Fsp3) is 0.417. The molecular formula is C24H30O5. The molecule has 0 aliphatic rings. The van der Waals surface area contributed by atoms with Gasteiger partial charge in [-0.25, -0.2) is 0 Å². The second-order valence-electron chi connectivity index (χ2n) is 7.83. The Balaban J connectivity index is 1.71. The van der Waals surface area contributed by atoms with Crippen LogP contribution >= 0.6 is 0 Å². The third-order valence-corrected chi connectivity index (χ3v) is 4.18. The molecule has 5 nitrogen and oxygen atoms in total. The lowest BCUT2D eigenvalue weighted by molar-refractivity contribution is -0.154. The molecule has 156 valence electrons. The van der Waals surface area contributed by atoms with Crippen LogP contribution in [0.5, 0.6) is 11.5 Å². The number of carbonyl (C=O) groups excluding carboxylic acids is 2. The van der Waals surface area contributed by atoms with Crippen molar-refractivity contribution in [2.45, 2.75) is 52.1 Å². The summed E-state index contributed by atoms with van der Waals surface area (Å²) in [7, 11) is 1.59. The highest BCUT2D eigenvalue weighted by Gasteiger charge is 2.15. The molecule has 0 unspecified atom stereocenters. The van der Waals surface area contributed by atoms with Crippen LogP contribution in [0.1, 0.15) is 62.4 Å². The van der Waals surface area contributed by atoms with Crippen LogP contribution in [0.4, 0.5) is 0 Å².